The highest BCUT2D eigenvalue weighted by Gasteiger charge is 2.16. The molecule has 0 atom stereocenters. The van der Waals surface area contributed by atoms with Crippen molar-refractivity contribution in [2.24, 2.45) is 0 Å². The SMILES string of the molecule is COc1ncccc1C(=O)Nc1ccccc1OC(F)F. The van der Waals surface area contributed by atoms with E-state index in [4.69, 9.17) is 4.74 Å². The van der Waals surface area contributed by atoms with Crippen LogP contribution in [-0.4, -0.2) is 24.6 Å². The standard InChI is InChI=1S/C14H12F2N2O3/c1-20-13-9(5-4-8-17-13)12(19)18-10-6-2-3-7-11(10)21-14(15)16/h2-8,14H,1H3,(H,18,19). The third-order valence-corrected chi connectivity index (χ3v) is 2.56. The fourth-order valence-corrected chi connectivity index (χ4v) is 1.68. The molecule has 110 valence electrons. The molecule has 1 N–H and O–H groups in total. The van der Waals surface area contributed by atoms with Crippen LogP contribution in [0.15, 0.2) is 42.6 Å². The minimum atomic E-state index is -2.98. The molecule has 0 fully saturated rings. The van der Waals surface area contributed by atoms with Gasteiger partial charge in [0.15, 0.2) is 0 Å². The second-order valence-corrected chi connectivity index (χ2v) is 3.89. The summed E-state index contributed by atoms with van der Waals surface area (Å²) < 4.78 is 33.9. The lowest BCUT2D eigenvalue weighted by molar-refractivity contribution is -0.0493. The van der Waals surface area contributed by atoms with Gasteiger partial charge in [0.05, 0.1) is 12.8 Å². The van der Waals surface area contributed by atoms with E-state index in [1.54, 1.807) is 12.1 Å². The van der Waals surface area contributed by atoms with Crippen LogP contribution in [0.3, 0.4) is 0 Å². The molecule has 0 aliphatic carbocycles. The molecule has 0 saturated carbocycles. The Kier molecular flexibility index (Phi) is 4.65. The van der Waals surface area contributed by atoms with E-state index < -0.39 is 12.5 Å². The van der Waals surface area contributed by atoms with Crippen LogP contribution in [0.25, 0.3) is 0 Å². The number of aromatic nitrogens is 1. The Hall–Kier alpha value is -2.70. The summed E-state index contributed by atoms with van der Waals surface area (Å²) in [7, 11) is 1.38. The Balaban J connectivity index is 2.24. The Morgan fingerprint density at radius 3 is 2.71 bits per heavy atom. The molecule has 1 aromatic heterocycles. The monoisotopic (exact) mass is 294 g/mol. The molecule has 1 aromatic carbocycles. The first kappa shape index (κ1) is 14.7. The van der Waals surface area contributed by atoms with Gasteiger partial charge in [-0.2, -0.15) is 8.78 Å². The summed E-state index contributed by atoms with van der Waals surface area (Å²) in [5.74, 6) is -0.517. The van der Waals surface area contributed by atoms with Crippen LogP contribution in [0.5, 0.6) is 11.6 Å². The summed E-state index contributed by atoms with van der Waals surface area (Å²) in [6, 6.07) is 8.99. The maximum atomic E-state index is 12.3. The minimum absolute atomic E-state index is 0.122. The van der Waals surface area contributed by atoms with Crippen LogP contribution in [0.1, 0.15) is 10.4 Å². The number of halogens is 2. The number of nitrogens with one attached hydrogen (secondary N) is 1. The first-order valence-corrected chi connectivity index (χ1v) is 5.96. The summed E-state index contributed by atoms with van der Waals surface area (Å²) in [5.41, 5.74) is 0.320. The Morgan fingerprint density at radius 2 is 2.00 bits per heavy atom. The van der Waals surface area contributed by atoms with E-state index in [0.29, 0.717) is 0 Å². The predicted octanol–water partition coefficient (Wildman–Crippen LogP) is 2.94. The Labute approximate surface area is 119 Å². The van der Waals surface area contributed by atoms with Crippen molar-refractivity contribution in [3.63, 3.8) is 0 Å². The molecule has 21 heavy (non-hydrogen) atoms. The molecule has 1 heterocycles. The average Bonchev–Trinajstić information content (AvgIpc) is 2.48. The van der Waals surface area contributed by atoms with Crippen LogP contribution in [-0.2, 0) is 0 Å². The van der Waals surface area contributed by atoms with Crippen molar-refractivity contribution in [2.45, 2.75) is 6.61 Å². The molecule has 0 saturated heterocycles. The highest BCUT2D eigenvalue weighted by Crippen LogP contribution is 2.26. The van der Waals surface area contributed by atoms with E-state index in [0.717, 1.165) is 0 Å². The van der Waals surface area contributed by atoms with Gasteiger partial charge in [-0.25, -0.2) is 4.98 Å². The topological polar surface area (TPSA) is 60.5 Å². The maximum Gasteiger partial charge on any atom is 0.387 e. The fourth-order valence-electron chi connectivity index (χ4n) is 1.68. The van der Waals surface area contributed by atoms with Crippen molar-refractivity contribution in [1.29, 1.82) is 0 Å². The summed E-state index contributed by atoms with van der Waals surface area (Å²) in [6.45, 7) is -2.98. The molecule has 5 nitrogen and oxygen atoms in total. The number of amides is 1. The molecule has 1 amide bonds. The quantitative estimate of drug-likeness (QED) is 0.921. The predicted molar refractivity (Wildman–Crippen MR) is 71.8 cm³/mol. The van der Waals surface area contributed by atoms with E-state index in [-0.39, 0.29) is 22.9 Å². The second kappa shape index (κ2) is 6.65. The number of pyridine rings is 1. The maximum absolute atomic E-state index is 12.3. The van der Waals surface area contributed by atoms with Gasteiger partial charge in [-0.1, -0.05) is 12.1 Å². The lowest BCUT2D eigenvalue weighted by Crippen LogP contribution is -2.15. The zero-order chi connectivity index (χ0) is 15.2. The van der Waals surface area contributed by atoms with Crippen LogP contribution >= 0.6 is 0 Å². The van der Waals surface area contributed by atoms with E-state index in [1.165, 1.54) is 37.6 Å². The second-order valence-electron chi connectivity index (χ2n) is 3.89. The lowest BCUT2D eigenvalue weighted by atomic mass is 10.2. The van der Waals surface area contributed by atoms with Gasteiger partial charge in [0.25, 0.3) is 5.91 Å². The van der Waals surface area contributed by atoms with Crippen LogP contribution < -0.4 is 14.8 Å². The molecule has 0 radical (unpaired) electrons. The molecule has 7 heteroatoms. The van der Waals surface area contributed by atoms with Crippen molar-refractivity contribution in [2.75, 3.05) is 12.4 Å². The number of carbonyl (C=O) groups excluding carboxylic acids is 1. The van der Waals surface area contributed by atoms with Gasteiger partial charge in [0, 0.05) is 6.20 Å². The molecule has 2 aromatic rings. The van der Waals surface area contributed by atoms with E-state index >= 15 is 0 Å². The molecular formula is C14H12F2N2O3. The average molecular weight is 294 g/mol. The molecule has 0 unspecified atom stereocenters. The van der Waals surface area contributed by atoms with Gasteiger partial charge in [0.1, 0.15) is 11.3 Å². The van der Waals surface area contributed by atoms with Crippen LogP contribution in [0.4, 0.5) is 14.5 Å². The summed E-state index contributed by atoms with van der Waals surface area (Å²) in [4.78, 5) is 16.1. The third kappa shape index (κ3) is 3.65. The van der Waals surface area contributed by atoms with Crippen molar-refractivity contribution < 1.29 is 23.0 Å². The van der Waals surface area contributed by atoms with Gasteiger partial charge in [-0.3, -0.25) is 4.79 Å². The molecular weight excluding hydrogens is 282 g/mol. The lowest BCUT2D eigenvalue weighted by Gasteiger charge is -2.12. The first-order chi connectivity index (χ1) is 10.1. The number of hydrogen-bond acceptors (Lipinski definition) is 4. The van der Waals surface area contributed by atoms with Crippen LogP contribution in [0, 0.1) is 0 Å². The number of rotatable bonds is 5. The van der Waals surface area contributed by atoms with Gasteiger partial charge in [-0.15, -0.1) is 0 Å². The smallest absolute Gasteiger partial charge is 0.387 e. The van der Waals surface area contributed by atoms with Gasteiger partial charge in [-0.05, 0) is 24.3 Å². The summed E-state index contributed by atoms with van der Waals surface area (Å²) in [5, 5.41) is 2.49. The van der Waals surface area contributed by atoms with Crippen molar-refractivity contribution in [3.05, 3.63) is 48.2 Å². The van der Waals surface area contributed by atoms with Gasteiger partial charge < -0.3 is 14.8 Å². The normalized spacial score (nSPS) is 10.3. The number of anilines is 1. The number of benzene rings is 1. The molecule has 0 aliphatic heterocycles. The Morgan fingerprint density at radius 1 is 1.24 bits per heavy atom. The zero-order valence-electron chi connectivity index (χ0n) is 11.0. The van der Waals surface area contributed by atoms with E-state index in [9.17, 15) is 13.6 Å². The highest BCUT2D eigenvalue weighted by atomic mass is 19.3. The van der Waals surface area contributed by atoms with Gasteiger partial charge in [0.2, 0.25) is 5.88 Å². The number of ether oxygens (including phenoxy) is 2. The number of hydrogen-bond donors (Lipinski definition) is 1. The fraction of sp³-hybridized carbons (Fsp3) is 0.143. The summed E-state index contributed by atoms with van der Waals surface area (Å²) >= 11 is 0. The minimum Gasteiger partial charge on any atom is -0.480 e. The van der Waals surface area contributed by atoms with Crippen molar-refractivity contribution >= 4 is 11.6 Å². The van der Waals surface area contributed by atoms with Crippen molar-refractivity contribution in [3.8, 4) is 11.6 Å². The number of carbonyl (C=O) groups is 1. The first-order valence-electron chi connectivity index (χ1n) is 5.96. The van der Waals surface area contributed by atoms with Crippen LogP contribution in [0.2, 0.25) is 0 Å². The molecule has 0 bridgehead atoms. The molecule has 0 aliphatic rings. The van der Waals surface area contributed by atoms with Gasteiger partial charge >= 0.3 is 6.61 Å². The molecule has 0 spiro atoms. The number of para-hydroxylation sites is 2. The van der Waals surface area contributed by atoms with Crippen molar-refractivity contribution in [1.82, 2.24) is 4.98 Å². The third-order valence-electron chi connectivity index (χ3n) is 2.56. The number of alkyl halides is 2. The number of nitrogens with zero attached hydrogens (tertiary/aromatic N) is 1. The van der Waals surface area contributed by atoms with E-state index in [2.05, 4.69) is 15.0 Å². The largest absolute Gasteiger partial charge is 0.480 e. The molecule has 2 rings (SSSR count). The summed E-state index contributed by atoms with van der Waals surface area (Å²) in [6.07, 6.45) is 1.48. The number of methoxy groups -OCH3 is 1. The van der Waals surface area contributed by atoms with E-state index in [1.807, 2.05) is 0 Å². The zero-order valence-corrected chi connectivity index (χ0v) is 11.0. The highest BCUT2D eigenvalue weighted by molar-refractivity contribution is 6.06. The Bertz CT molecular complexity index is 635.